The molecule has 0 N–H and O–H groups in total. The van der Waals surface area contributed by atoms with Crippen molar-refractivity contribution < 1.29 is 0 Å². The average molecular weight is 135 g/mol. The zero-order valence-electron chi connectivity index (χ0n) is 6.42. The Balaban J connectivity index is 1.93. The zero-order valence-corrected chi connectivity index (χ0v) is 6.42. The largest absolute Gasteiger partial charge is 0.0527 e. The van der Waals surface area contributed by atoms with Gasteiger partial charge in [0, 0.05) is 0 Å². The molecule has 0 saturated heterocycles. The van der Waals surface area contributed by atoms with Crippen LogP contribution in [0.4, 0.5) is 0 Å². The highest BCUT2D eigenvalue weighted by atomic mass is 14.3. The quantitative estimate of drug-likeness (QED) is 0.479. The van der Waals surface area contributed by atoms with Crippen molar-refractivity contribution in [1.82, 2.24) is 0 Å². The summed E-state index contributed by atoms with van der Waals surface area (Å²) in [4.78, 5) is 0. The van der Waals surface area contributed by atoms with Crippen molar-refractivity contribution in [2.24, 2.45) is 11.8 Å². The van der Waals surface area contributed by atoms with Crippen LogP contribution in [0.15, 0.2) is 0 Å². The Bertz CT molecular complexity index is 80.6. The molecule has 10 heavy (non-hydrogen) atoms. The first-order chi connectivity index (χ1) is 4.97. The second-order valence-corrected chi connectivity index (χ2v) is 3.49. The second kappa shape index (κ2) is 2.94. The van der Waals surface area contributed by atoms with E-state index in [-0.39, 0.29) is 0 Å². The normalized spacial score (nSPS) is 40.8. The van der Waals surface area contributed by atoms with Gasteiger partial charge in [-0.2, -0.15) is 0 Å². The van der Waals surface area contributed by atoms with Crippen molar-refractivity contribution in [1.29, 1.82) is 0 Å². The fraction of sp³-hybridized carbons (Fsp3) is 0.700. The summed E-state index contributed by atoms with van der Waals surface area (Å²) in [7, 11) is 0. The van der Waals surface area contributed by atoms with E-state index in [0.29, 0.717) is 0 Å². The summed E-state index contributed by atoms with van der Waals surface area (Å²) >= 11 is 0. The molecule has 2 saturated carbocycles. The van der Waals surface area contributed by atoms with E-state index in [4.69, 9.17) is 0 Å². The maximum Gasteiger partial charge on any atom is -0.0349 e. The Kier molecular flexibility index (Phi) is 1.97. The van der Waals surface area contributed by atoms with Gasteiger partial charge in [-0.25, -0.2) is 0 Å². The monoisotopic (exact) mass is 135 g/mol. The number of fused-ring (bicyclic) bond motifs is 1. The Morgan fingerprint density at radius 1 is 1.10 bits per heavy atom. The second-order valence-electron chi connectivity index (χ2n) is 3.49. The van der Waals surface area contributed by atoms with E-state index >= 15 is 0 Å². The van der Waals surface area contributed by atoms with Crippen molar-refractivity contribution in [3.05, 3.63) is 19.3 Å². The van der Waals surface area contributed by atoms with E-state index in [9.17, 15) is 0 Å². The molecule has 0 amide bonds. The van der Waals surface area contributed by atoms with E-state index in [0.717, 1.165) is 11.8 Å². The standard InChI is InChI=1S/C10H15/c1-2-6-10-8-4-3-7-9(10)5-1/h1,6-7,9-10H,2-5,8H2. The van der Waals surface area contributed by atoms with Crippen LogP contribution in [0.5, 0.6) is 0 Å². The molecule has 2 aliphatic rings. The third-order valence-corrected chi connectivity index (χ3v) is 2.81. The molecule has 2 rings (SSSR count). The summed E-state index contributed by atoms with van der Waals surface area (Å²) in [5, 5.41) is 0. The minimum Gasteiger partial charge on any atom is -0.0527 e. The summed E-state index contributed by atoms with van der Waals surface area (Å²) < 4.78 is 0. The zero-order chi connectivity index (χ0) is 6.81. The van der Waals surface area contributed by atoms with E-state index < -0.39 is 0 Å². The Morgan fingerprint density at radius 2 is 2.10 bits per heavy atom. The smallest absolute Gasteiger partial charge is 0.0349 e. The molecule has 0 aromatic rings. The Labute approximate surface area is 64.0 Å². The van der Waals surface area contributed by atoms with Gasteiger partial charge in [-0.05, 0) is 56.8 Å². The predicted molar refractivity (Wildman–Crippen MR) is 43.0 cm³/mol. The van der Waals surface area contributed by atoms with Gasteiger partial charge in [0.25, 0.3) is 0 Å². The summed E-state index contributed by atoms with van der Waals surface area (Å²) in [6.45, 7) is 0. The van der Waals surface area contributed by atoms with E-state index in [2.05, 4.69) is 19.3 Å². The molecule has 55 valence electrons. The van der Waals surface area contributed by atoms with Gasteiger partial charge >= 0.3 is 0 Å². The minimum absolute atomic E-state index is 0.919. The molecule has 0 heterocycles. The van der Waals surface area contributed by atoms with Crippen molar-refractivity contribution in [3.8, 4) is 0 Å². The molecule has 0 aliphatic heterocycles. The van der Waals surface area contributed by atoms with Gasteiger partial charge in [0.15, 0.2) is 0 Å². The first-order valence-corrected chi connectivity index (χ1v) is 4.45. The van der Waals surface area contributed by atoms with E-state index in [1.807, 2.05) is 0 Å². The number of hydrogen-bond acceptors (Lipinski definition) is 0. The molecule has 0 nitrogen and oxygen atoms in total. The molecular weight excluding hydrogens is 120 g/mol. The first kappa shape index (κ1) is 6.69. The van der Waals surface area contributed by atoms with E-state index in [1.165, 1.54) is 32.1 Å². The minimum atomic E-state index is 0.919. The van der Waals surface area contributed by atoms with Crippen molar-refractivity contribution in [3.63, 3.8) is 0 Å². The molecule has 0 aromatic carbocycles. The maximum atomic E-state index is 2.53. The molecule has 0 spiro atoms. The van der Waals surface area contributed by atoms with Gasteiger partial charge in [0.05, 0.1) is 0 Å². The highest BCUT2D eigenvalue weighted by Crippen LogP contribution is 2.38. The van der Waals surface area contributed by atoms with Crippen molar-refractivity contribution >= 4 is 0 Å². The highest BCUT2D eigenvalue weighted by molar-refractivity contribution is 5.01. The fourth-order valence-corrected chi connectivity index (χ4v) is 2.20. The van der Waals surface area contributed by atoms with Gasteiger partial charge < -0.3 is 0 Å². The molecule has 2 aliphatic carbocycles. The van der Waals surface area contributed by atoms with Gasteiger partial charge in [0.1, 0.15) is 0 Å². The summed E-state index contributed by atoms with van der Waals surface area (Å²) in [5.74, 6) is 1.86. The third-order valence-electron chi connectivity index (χ3n) is 2.81. The summed E-state index contributed by atoms with van der Waals surface area (Å²) in [6, 6.07) is 0. The van der Waals surface area contributed by atoms with Crippen LogP contribution in [-0.2, 0) is 0 Å². The van der Waals surface area contributed by atoms with Crippen molar-refractivity contribution in [2.75, 3.05) is 0 Å². The SMILES string of the molecule is [CH]1C[CH]C2CCC[CH]C2C1. The van der Waals surface area contributed by atoms with Crippen LogP contribution in [0.25, 0.3) is 0 Å². The van der Waals surface area contributed by atoms with Crippen LogP contribution in [0.2, 0.25) is 0 Å². The Hall–Kier alpha value is 0. The molecule has 2 atom stereocenters. The van der Waals surface area contributed by atoms with Crippen LogP contribution in [-0.4, -0.2) is 0 Å². The number of hydrogen-bond donors (Lipinski definition) is 0. The lowest BCUT2D eigenvalue weighted by Crippen LogP contribution is -2.24. The van der Waals surface area contributed by atoms with Crippen molar-refractivity contribution in [2.45, 2.75) is 32.1 Å². The molecule has 0 heteroatoms. The van der Waals surface area contributed by atoms with Gasteiger partial charge in [0.2, 0.25) is 0 Å². The van der Waals surface area contributed by atoms with Gasteiger partial charge in [-0.15, -0.1) is 0 Å². The molecule has 2 fully saturated rings. The number of rotatable bonds is 0. The summed E-state index contributed by atoms with van der Waals surface area (Å²) in [6.07, 6.45) is 14.3. The van der Waals surface area contributed by atoms with Gasteiger partial charge in [-0.3, -0.25) is 0 Å². The van der Waals surface area contributed by atoms with Crippen LogP contribution in [0, 0.1) is 31.1 Å². The molecule has 3 radical (unpaired) electrons. The summed E-state index contributed by atoms with van der Waals surface area (Å²) in [5.41, 5.74) is 0. The Morgan fingerprint density at radius 3 is 3.00 bits per heavy atom. The van der Waals surface area contributed by atoms with Crippen LogP contribution >= 0.6 is 0 Å². The third kappa shape index (κ3) is 1.21. The lowest BCUT2D eigenvalue weighted by molar-refractivity contribution is 0.304. The van der Waals surface area contributed by atoms with Crippen LogP contribution < -0.4 is 0 Å². The van der Waals surface area contributed by atoms with Crippen LogP contribution in [0.1, 0.15) is 32.1 Å². The molecule has 0 aromatic heterocycles. The average Bonchev–Trinajstić information content (AvgIpc) is 2.05. The molecule has 2 unspecified atom stereocenters. The first-order valence-electron chi connectivity index (χ1n) is 4.45. The van der Waals surface area contributed by atoms with E-state index in [1.54, 1.807) is 0 Å². The fourth-order valence-electron chi connectivity index (χ4n) is 2.20. The van der Waals surface area contributed by atoms with Gasteiger partial charge in [-0.1, -0.05) is 6.42 Å². The predicted octanol–water partition coefficient (Wildman–Crippen LogP) is 2.81. The molecular formula is C10H15. The highest BCUT2D eigenvalue weighted by Gasteiger charge is 2.27. The lowest BCUT2D eigenvalue weighted by Gasteiger charge is -2.34. The maximum absolute atomic E-state index is 2.53. The topological polar surface area (TPSA) is 0 Å². The lowest BCUT2D eigenvalue weighted by atomic mass is 9.71. The molecule has 0 bridgehead atoms. The van der Waals surface area contributed by atoms with Crippen LogP contribution in [0.3, 0.4) is 0 Å².